The predicted octanol–water partition coefficient (Wildman–Crippen LogP) is 4.44. The molecule has 1 heterocycles. The van der Waals surface area contributed by atoms with Gasteiger partial charge in [-0.25, -0.2) is 0 Å². The Morgan fingerprint density at radius 1 is 1.10 bits per heavy atom. The standard InChI is InChI=1S/C19H38N2/c1-5-9-16(4)21-14-19(17-10-7-6-8-11-17)20-13-18(21)12-15(2)3/h15-20H,5-14H2,1-4H3. The maximum atomic E-state index is 3.93. The lowest BCUT2D eigenvalue weighted by Crippen LogP contribution is -2.61. The fraction of sp³-hybridized carbons (Fsp3) is 1.00. The first-order valence-electron chi connectivity index (χ1n) is 9.61. The van der Waals surface area contributed by atoms with Crippen LogP contribution in [0.25, 0.3) is 0 Å². The van der Waals surface area contributed by atoms with Crippen LogP contribution < -0.4 is 5.32 Å². The summed E-state index contributed by atoms with van der Waals surface area (Å²) in [5, 5.41) is 3.93. The van der Waals surface area contributed by atoms with Crippen molar-refractivity contribution in [3.8, 4) is 0 Å². The molecule has 1 aliphatic heterocycles. The Labute approximate surface area is 133 Å². The molecule has 2 fully saturated rings. The highest BCUT2D eigenvalue weighted by Crippen LogP contribution is 2.30. The van der Waals surface area contributed by atoms with Crippen LogP contribution in [-0.2, 0) is 0 Å². The Balaban J connectivity index is 1.97. The maximum Gasteiger partial charge on any atom is 0.0226 e. The number of piperazine rings is 1. The molecule has 0 spiro atoms. The highest BCUT2D eigenvalue weighted by atomic mass is 15.3. The Morgan fingerprint density at radius 2 is 1.81 bits per heavy atom. The summed E-state index contributed by atoms with van der Waals surface area (Å²) in [4.78, 5) is 2.86. The van der Waals surface area contributed by atoms with Crippen LogP contribution in [0.5, 0.6) is 0 Å². The molecule has 1 N–H and O–H groups in total. The minimum atomic E-state index is 0.756. The van der Waals surface area contributed by atoms with Gasteiger partial charge in [0.15, 0.2) is 0 Å². The molecular weight excluding hydrogens is 256 g/mol. The SMILES string of the molecule is CCCC(C)N1CC(C2CCCCC2)NCC1CC(C)C. The smallest absolute Gasteiger partial charge is 0.0226 e. The molecule has 3 unspecified atom stereocenters. The van der Waals surface area contributed by atoms with Gasteiger partial charge in [-0.3, -0.25) is 4.90 Å². The maximum absolute atomic E-state index is 3.93. The van der Waals surface area contributed by atoms with Crippen LogP contribution in [-0.4, -0.2) is 36.1 Å². The molecule has 3 atom stereocenters. The Hall–Kier alpha value is -0.0800. The van der Waals surface area contributed by atoms with Gasteiger partial charge in [0, 0.05) is 31.2 Å². The van der Waals surface area contributed by atoms with Gasteiger partial charge < -0.3 is 5.32 Å². The zero-order chi connectivity index (χ0) is 15.2. The summed E-state index contributed by atoms with van der Waals surface area (Å²) < 4.78 is 0. The summed E-state index contributed by atoms with van der Waals surface area (Å²) in [5.74, 6) is 1.74. The summed E-state index contributed by atoms with van der Waals surface area (Å²) in [6.07, 6.45) is 11.3. The van der Waals surface area contributed by atoms with Crippen LogP contribution in [0.4, 0.5) is 0 Å². The van der Waals surface area contributed by atoms with Gasteiger partial charge in [0.1, 0.15) is 0 Å². The molecule has 2 heteroatoms. The van der Waals surface area contributed by atoms with Crippen molar-refractivity contribution < 1.29 is 0 Å². The van der Waals surface area contributed by atoms with E-state index in [0.717, 1.165) is 30.0 Å². The van der Waals surface area contributed by atoms with E-state index in [1.54, 1.807) is 0 Å². The van der Waals surface area contributed by atoms with E-state index < -0.39 is 0 Å². The second-order valence-electron chi connectivity index (χ2n) is 8.03. The second kappa shape index (κ2) is 8.53. The number of nitrogens with zero attached hydrogens (tertiary/aromatic N) is 1. The van der Waals surface area contributed by atoms with Crippen LogP contribution in [0.2, 0.25) is 0 Å². The van der Waals surface area contributed by atoms with E-state index >= 15 is 0 Å². The first kappa shape index (κ1) is 17.3. The van der Waals surface area contributed by atoms with E-state index in [2.05, 4.69) is 37.9 Å². The fourth-order valence-corrected chi connectivity index (χ4v) is 4.58. The monoisotopic (exact) mass is 294 g/mol. The van der Waals surface area contributed by atoms with Crippen molar-refractivity contribution in [1.29, 1.82) is 0 Å². The van der Waals surface area contributed by atoms with Crippen LogP contribution in [0, 0.1) is 11.8 Å². The van der Waals surface area contributed by atoms with E-state index in [1.165, 1.54) is 64.5 Å². The quantitative estimate of drug-likeness (QED) is 0.779. The number of rotatable bonds is 6. The average molecular weight is 295 g/mol. The number of hydrogen-bond acceptors (Lipinski definition) is 2. The van der Waals surface area contributed by atoms with Gasteiger partial charge >= 0.3 is 0 Å². The van der Waals surface area contributed by atoms with Crippen LogP contribution in [0.15, 0.2) is 0 Å². The molecule has 0 bridgehead atoms. The summed E-state index contributed by atoms with van der Waals surface area (Å²) in [7, 11) is 0. The molecule has 1 saturated heterocycles. The van der Waals surface area contributed by atoms with E-state index in [4.69, 9.17) is 0 Å². The zero-order valence-corrected chi connectivity index (χ0v) is 14.9. The minimum absolute atomic E-state index is 0.756. The Kier molecular flexibility index (Phi) is 7.01. The molecule has 0 radical (unpaired) electrons. The van der Waals surface area contributed by atoms with Gasteiger partial charge in [0.2, 0.25) is 0 Å². The molecular formula is C19H38N2. The lowest BCUT2D eigenvalue weighted by atomic mass is 9.82. The highest BCUT2D eigenvalue weighted by molar-refractivity contribution is 4.92. The minimum Gasteiger partial charge on any atom is -0.311 e. The molecule has 2 aliphatic rings. The molecule has 1 saturated carbocycles. The second-order valence-corrected chi connectivity index (χ2v) is 8.03. The molecule has 0 aromatic heterocycles. The lowest BCUT2D eigenvalue weighted by molar-refractivity contribution is 0.0506. The van der Waals surface area contributed by atoms with Gasteiger partial charge in [-0.1, -0.05) is 46.5 Å². The van der Waals surface area contributed by atoms with Crippen molar-refractivity contribution >= 4 is 0 Å². The van der Waals surface area contributed by atoms with E-state index in [9.17, 15) is 0 Å². The van der Waals surface area contributed by atoms with Gasteiger partial charge in [-0.15, -0.1) is 0 Å². The molecule has 1 aliphatic carbocycles. The average Bonchev–Trinajstić information content (AvgIpc) is 2.48. The van der Waals surface area contributed by atoms with Gasteiger partial charge in [-0.05, 0) is 44.4 Å². The zero-order valence-electron chi connectivity index (χ0n) is 14.9. The summed E-state index contributed by atoms with van der Waals surface area (Å²) in [5.41, 5.74) is 0. The van der Waals surface area contributed by atoms with Gasteiger partial charge in [0.25, 0.3) is 0 Å². The molecule has 2 nitrogen and oxygen atoms in total. The van der Waals surface area contributed by atoms with Crippen LogP contribution in [0.3, 0.4) is 0 Å². The highest BCUT2D eigenvalue weighted by Gasteiger charge is 2.34. The van der Waals surface area contributed by atoms with E-state index in [0.29, 0.717) is 0 Å². The van der Waals surface area contributed by atoms with Crippen molar-refractivity contribution in [2.24, 2.45) is 11.8 Å². The fourth-order valence-electron chi connectivity index (χ4n) is 4.58. The van der Waals surface area contributed by atoms with Gasteiger partial charge in [0.05, 0.1) is 0 Å². The van der Waals surface area contributed by atoms with Crippen molar-refractivity contribution in [3.63, 3.8) is 0 Å². The molecule has 2 rings (SSSR count). The number of nitrogens with one attached hydrogen (secondary N) is 1. The third-order valence-corrected chi connectivity index (χ3v) is 5.73. The largest absolute Gasteiger partial charge is 0.311 e. The predicted molar refractivity (Wildman–Crippen MR) is 92.7 cm³/mol. The van der Waals surface area contributed by atoms with Crippen molar-refractivity contribution in [1.82, 2.24) is 10.2 Å². The molecule has 0 aromatic carbocycles. The molecule has 0 amide bonds. The molecule has 21 heavy (non-hydrogen) atoms. The third kappa shape index (κ3) is 4.96. The van der Waals surface area contributed by atoms with Crippen molar-refractivity contribution in [2.45, 2.75) is 97.2 Å². The van der Waals surface area contributed by atoms with Crippen LogP contribution in [0.1, 0.15) is 79.1 Å². The van der Waals surface area contributed by atoms with Crippen LogP contribution >= 0.6 is 0 Å². The van der Waals surface area contributed by atoms with E-state index in [1.807, 2.05) is 0 Å². The Morgan fingerprint density at radius 3 is 2.43 bits per heavy atom. The number of hydrogen-bond donors (Lipinski definition) is 1. The van der Waals surface area contributed by atoms with E-state index in [-0.39, 0.29) is 0 Å². The lowest BCUT2D eigenvalue weighted by Gasteiger charge is -2.47. The normalized spacial score (nSPS) is 30.7. The Bertz CT molecular complexity index is 283. The van der Waals surface area contributed by atoms with Crippen molar-refractivity contribution in [3.05, 3.63) is 0 Å². The first-order valence-corrected chi connectivity index (χ1v) is 9.61. The topological polar surface area (TPSA) is 15.3 Å². The third-order valence-electron chi connectivity index (χ3n) is 5.73. The molecule has 0 aromatic rings. The summed E-state index contributed by atoms with van der Waals surface area (Å²) in [6.45, 7) is 12.0. The molecule has 124 valence electrons. The van der Waals surface area contributed by atoms with Crippen molar-refractivity contribution in [2.75, 3.05) is 13.1 Å². The summed E-state index contributed by atoms with van der Waals surface area (Å²) >= 11 is 0. The summed E-state index contributed by atoms with van der Waals surface area (Å²) in [6, 6.07) is 2.27. The van der Waals surface area contributed by atoms with Gasteiger partial charge in [-0.2, -0.15) is 0 Å². The first-order chi connectivity index (χ1) is 10.1.